The number of hydrogen-bond donors (Lipinski definition) is 0. The molecule has 16 heavy (non-hydrogen) atoms. The van der Waals surface area contributed by atoms with Crippen molar-refractivity contribution in [1.82, 2.24) is 0 Å². The van der Waals surface area contributed by atoms with E-state index in [9.17, 15) is 9.59 Å². The quantitative estimate of drug-likeness (QED) is 0.444. The molecule has 0 fully saturated rings. The number of benzene rings is 1. The highest BCUT2D eigenvalue weighted by Crippen LogP contribution is 2.18. The summed E-state index contributed by atoms with van der Waals surface area (Å²) >= 11 is 0. The monoisotopic (exact) mass is 220 g/mol. The van der Waals surface area contributed by atoms with Gasteiger partial charge in [0.15, 0.2) is 0 Å². The van der Waals surface area contributed by atoms with Crippen molar-refractivity contribution in [1.29, 1.82) is 0 Å². The molecule has 0 aromatic heterocycles. The van der Waals surface area contributed by atoms with Crippen molar-refractivity contribution in [3.8, 4) is 5.75 Å². The number of hydrogen-bond acceptors (Lipinski definition) is 4. The Morgan fingerprint density at radius 1 is 1.25 bits per heavy atom. The molecule has 0 saturated carbocycles. The third-order valence-electron chi connectivity index (χ3n) is 1.86. The fourth-order valence-corrected chi connectivity index (χ4v) is 1.04. The second-order valence-electron chi connectivity index (χ2n) is 3.16. The van der Waals surface area contributed by atoms with Crippen molar-refractivity contribution >= 4 is 11.9 Å². The fraction of sp³-hybridized carbons (Fsp3) is 0.167. The number of methoxy groups -OCH3 is 1. The standard InChI is InChI=1S/C12H12O4/c1-8(2)11(13)16-12(14)9-6-4-5-7-10(9)15-3/h4-7H,1H2,2-3H3. The molecule has 0 bridgehead atoms. The molecule has 4 heteroatoms. The van der Waals surface area contributed by atoms with E-state index >= 15 is 0 Å². The number of ether oxygens (including phenoxy) is 2. The van der Waals surface area contributed by atoms with Crippen molar-refractivity contribution in [3.63, 3.8) is 0 Å². The van der Waals surface area contributed by atoms with Crippen LogP contribution in [0.3, 0.4) is 0 Å². The molecule has 0 atom stereocenters. The predicted octanol–water partition coefficient (Wildman–Crippen LogP) is 1.95. The molecule has 0 aliphatic heterocycles. The first kappa shape index (κ1) is 12.0. The van der Waals surface area contributed by atoms with Gasteiger partial charge in [0.2, 0.25) is 0 Å². The zero-order valence-corrected chi connectivity index (χ0v) is 9.15. The van der Waals surface area contributed by atoms with E-state index in [1.807, 2.05) is 0 Å². The molecule has 1 aromatic carbocycles. The third-order valence-corrected chi connectivity index (χ3v) is 1.86. The van der Waals surface area contributed by atoms with E-state index in [0.29, 0.717) is 5.75 Å². The van der Waals surface area contributed by atoms with Crippen molar-refractivity contribution in [2.24, 2.45) is 0 Å². The van der Waals surface area contributed by atoms with E-state index in [1.54, 1.807) is 18.2 Å². The molecule has 84 valence electrons. The molecule has 0 radical (unpaired) electrons. The lowest BCUT2D eigenvalue weighted by Gasteiger charge is -2.06. The Kier molecular flexibility index (Phi) is 3.83. The van der Waals surface area contributed by atoms with Gasteiger partial charge in [-0.05, 0) is 19.1 Å². The summed E-state index contributed by atoms with van der Waals surface area (Å²) in [4.78, 5) is 22.7. The molecular formula is C12H12O4. The Morgan fingerprint density at radius 2 is 1.88 bits per heavy atom. The lowest BCUT2D eigenvalue weighted by atomic mass is 10.2. The smallest absolute Gasteiger partial charge is 0.349 e. The Bertz CT molecular complexity index is 434. The van der Waals surface area contributed by atoms with E-state index in [2.05, 4.69) is 11.3 Å². The van der Waals surface area contributed by atoms with Crippen LogP contribution in [0.4, 0.5) is 0 Å². The summed E-state index contributed by atoms with van der Waals surface area (Å²) in [6.45, 7) is 4.86. The fourth-order valence-electron chi connectivity index (χ4n) is 1.04. The number of carbonyl (C=O) groups excluding carboxylic acids is 2. The second-order valence-corrected chi connectivity index (χ2v) is 3.16. The van der Waals surface area contributed by atoms with Crippen LogP contribution < -0.4 is 4.74 Å². The van der Waals surface area contributed by atoms with Gasteiger partial charge in [-0.3, -0.25) is 0 Å². The molecule has 0 amide bonds. The van der Waals surface area contributed by atoms with Gasteiger partial charge < -0.3 is 9.47 Å². The summed E-state index contributed by atoms with van der Waals surface area (Å²) in [5.41, 5.74) is 0.378. The molecule has 0 N–H and O–H groups in total. The van der Waals surface area contributed by atoms with Crippen LogP contribution in [0.15, 0.2) is 36.4 Å². The highest BCUT2D eigenvalue weighted by atomic mass is 16.6. The van der Waals surface area contributed by atoms with Crippen molar-refractivity contribution in [2.75, 3.05) is 7.11 Å². The van der Waals surface area contributed by atoms with Gasteiger partial charge in [-0.15, -0.1) is 0 Å². The first-order valence-corrected chi connectivity index (χ1v) is 4.61. The minimum absolute atomic E-state index is 0.170. The molecule has 1 aromatic rings. The molecule has 0 heterocycles. The lowest BCUT2D eigenvalue weighted by Crippen LogP contribution is -2.13. The van der Waals surface area contributed by atoms with Gasteiger partial charge in [0, 0.05) is 5.57 Å². The second kappa shape index (κ2) is 5.11. The Labute approximate surface area is 93.5 Å². The van der Waals surface area contributed by atoms with E-state index in [4.69, 9.17) is 4.74 Å². The summed E-state index contributed by atoms with van der Waals surface area (Å²) in [5, 5.41) is 0. The molecule has 1 rings (SSSR count). The van der Waals surface area contributed by atoms with Gasteiger partial charge >= 0.3 is 11.9 Å². The van der Waals surface area contributed by atoms with Crippen LogP contribution in [0.1, 0.15) is 17.3 Å². The Morgan fingerprint density at radius 3 is 2.44 bits per heavy atom. The molecule has 0 saturated heterocycles. The highest BCUT2D eigenvalue weighted by molar-refractivity contribution is 6.03. The maximum Gasteiger partial charge on any atom is 0.349 e. The van der Waals surface area contributed by atoms with E-state index in [0.717, 1.165) is 0 Å². The summed E-state index contributed by atoms with van der Waals surface area (Å²) in [6.07, 6.45) is 0. The highest BCUT2D eigenvalue weighted by Gasteiger charge is 2.16. The molecular weight excluding hydrogens is 208 g/mol. The molecule has 0 unspecified atom stereocenters. The Balaban J connectivity index is 2.88. The summed E-state index contributed by atoms with van der Waals surface area (Å²) in [6, 6.07) is 6.51. The lowest BCUT2D eigenvalue weighted by molar-refractivity contribution is -0.133. The maximum atomic E-state index is 11.6. The Hall–Kier alpha value is -2.10. The maximum absolute atomic E-state index is 11.6. The van der Waals surface area contributed by atoms with Crippen LogP contribution in [0.2, 0.25) is 0 Å². The van der Waals surface area contributed by atoms with Crippen LogP contribution in [-0.4, -0.2) is 19.0 Å². The summed E-state index contributed by atoms with van der Waals surface area (Å²) in [7, 11) is 1.44. The van der Waals surface area contributed by atoms with Crippen LogP contribution >= 0.6 is 0 Å². The van der Waals surface area contributed by atoms with Gasteiger partial charge in [0.25, 0.3) is 0 Å². The normalized spacial score (nSPS) is 9.38. The first-order valence-electron chi connectivity index (χ1n) is 4.61. The number of para-hydroxylation sites is 1. The SMILES string of the molecule is C=C(C)C(=O)OC(=O)c1ccccc1OC. The summed E-state index contributed by atoms with van der Waals surface area (Å²) < 4.78 is 9.56. The molecule has 0 aliphatic rings. The topological polar surface area (TPSA) is 52.6 Å². The minimum atomic E-state index is -0.745. The first-order chi connectivity index (χ1) is 7.56. The van der Waals surface area contributed by atoms with Crippen LogP contribution in [0.5, 0.6) is 5.75 Å². The molecule has 4 nitrogen and oxygen atoms in total. The zero-order valence-electron chi connectivity index (χ0n) is 9.15. The minimum Gasteiger partial charge on any atom is -0.496 e. The van der Waals surface area contributed by atoms with Gasteiger partial charge in [-0.1, -0.05) is 18.7 Å². The average molecular weight is 220 g/mol. The number of esters is 2. The van der Waals surface area contributed by atoms with Crippen molar-refractivity contribution in [3.05, 3.63) is 42.0 Å². The third kappa shape index (κ3) is 2.70. The van der Waals surface area contributed by atoms with Crippen molar-refractivity contribution in [2.45, 2.75) is 6.92 Å². The van der Waals surface area contributed by atoms with Gasteiger partial charge in [0.05, 0.1) is 7.11 Å². The molecule has 0 aliphatic carbocycles. The van der Waals surface area contributed by atoms with E-state index < -0.39 is 11.9 Å². The average Bonchev–Trinajstić information content (AvgIpc) is 2.28. The number of rotatable bonds is 3. The van der Waals surface area contributed by atoms with E-state index in [1.165, 1.54) is 20.1 Å². The van der Waals surface area contributed by atoms with Crippen LogP contribution in [0, 0.1) is 0 Å². The van der Waals surface area contributed by atoms with Gasteiger partial charge in [0.1, 0.15) is 11.3 Å². The summed E-state index contributed by atoms with van der Waals surface area (Å²) in [5.74, 6) is -1.12. The van der Waals surface area contributed by atoms with E-state index in [-0.39, 0.29) is 11.1 Å². The largest absolute Gasteiger partial charge is 0.496 e. The van der Waals surface area contributed by atoms with Crippen LogP contribution in [0.25, 0.3) is 0 Å². The predicted molar refractivity (Wildman–Crippen MR) is 58.2 cm³/mol. The van der Waals surface area contributed by atoms with Gasteiger partial charge in [-0.25, -0.2) is 9.59 Å². The number of carbonyl (C=O) groups is 2. The van der Waals surface area contributed by atoms with Crippen molar-refractivity contribution < 1.29 is 19.1 Å². The van der Waals surface area contributed by atoms with Gasteiger partial charge in [-0.2, -0.15) is 0 Å². The zero-order chi connectivity index (χ0) is 12.1. The molecule has 0 spiro atoms. The van der Waals surface area contributed by atoms with Crippen LogP contribution in [-0.2, 0) is 9.53 Å².